The topological polar surface area (TPSA) is 101 Å². The molecule has 0 fully saturated rings. The van der Waals surface area contributed by atoms with Crippen LogP contribution in [0.1, 0.15) is 0 Å². The summed E-state index contributed by atoms with van der Waals surface area (Å²) in [5.74, 6) is -1.53. The second-order valence-electron chi connectivity index (χ2n) is 3.73. The first kappa shape index (κ1) is 15.5. The number of hydrogen-bond acceptors (Lipinski definition) is 5. The average Bonchev–Trinajstić information content (AvgIpc) is 2.27. The molecule has 0 saturated carbocycles. The number of thioether (sulfide) groups is 1. The summed E-state index contributed by atoms with van der Waals surface area (Å²) in [7, 11) is -3.32. The van der Waals surface area contributed by atoms with E-state index in [1.807, 2.05) is 0 Å². The summed E-state index contributed by atoms with van der Waals surface area (Å²) in [4.78, 5) is 21.9. The van der Waals surface area contributed by atoms with Gasteiger partial charge in [-0.1, -0.05) is 6.07 Å². The smallest absolute Gasteiger partial charge is 0.313 e. The van der Waals surface area contributed by atoms with E-state index in [0.29, 0.717) is 5.69 Å². The molecule has 0 heterocycles. The zero-order valence-corrected chi connectivity index (χ0v) is 11.8. The van der Waals surface area contributed by atoms with Crippen molar-refractivity contribution < 1.29 is 23.1 Å². The van der Waals surface area contributed by atoms with E-state index in [2.05, 4.69) is 5.32 Å². The summed E-state index contributed by atoms with van der Waals surface area (Å²) in [5.41, 5.74) is 0.365. The monoisotopic (exact) mass is 303 g/mol. The Bertz CT molecular complexity index is 583. The van der Waals surface area contributed by atoms with Gasteiger partial charge in [0.05, 0.1) is 16.4 Å². The molecule has 2 N–H and O–H groups in total. The van der Waals surface area contributed by atoms with Gasteiger partial charge in [-0.2, -0.15) is 0 Å². The molecule has 1 amide bonds. The van der Waals surface area contributed by atoms with Crippen LogP contribution in [0.2, 0.25) is 0 Å². The largest absolute Gasteiger partial charge is 0.481 e. The highest BCUT2D eigenvalue weighted by Gasteiger charge is 2.09. The predicted octanol–water partition coefficient (Wildman–Crippen LogP) is 0.846. The number of anilines is 1. The fourth-order valence-electron chi connectivity index (χ4n) is 1.23. The van der Waals surface area contributed by atoms with E-state index in [1.165, 1.54) is 18.2 Å². The Hall–Kier alpha value is -1.54. The molecule has 0 unspecified atom stereocenters. The summed E-state index contributed by atoms with van der Waals surface area (Å²) < 4.78 is 22.7. The fraction of sp³-hybridized carbons (Fsp3) is 0.273. The number of carbonyl (C=O) groups excluding carboxylic acids is 1. The highest BCUT2D eigenvalue weighted by molar-refractivity contribution is 8.00. The number of carboxylic acids is 1. The average molecular weight is 303 g/mol. The maximum atomic E-state index is 11.5. The van der Waals surface area contributed by atoms with Crippen molar-refractivity contribution in [3.63, 3.8) is 0 Å². The van der Waals surface area contributed by atoms with Crippen molar-refractivity contribution in [2.75, 3.05) is 23.1 Å². The van der Waals surface area contributed by atoms with Gasteiger partial charge in [0.15, 0.2) is 9.84 Å². The lowest BCUT2D eigenvalue weighted by Crippen LogP contribution is -2.15. The number of rotatable bonds is 6. The number of carboxylic acid groups (broad SMARTS) is 1. The van der Waals surface area contributed by atoms with Gasteiger partial charge in [-0.3, -0.25) is 9.59 Å². The lowest BCUT2D eigenvalue weighted by Gasteiger charge is -2.06. The van der Waals surface area contributed by atoms with Crippen molar-refractivity contribution in [3.8, 4) is 0 Å². The van der Waals surface area contributed by atoms with E-state index in [0.717, 1.165) is 18.0 Å². The zero-order chi connectivity index (χ0) is 14.5. The van der Waals surface area contributed by atoms with Crippen LogP contribution in [0.3, 0.4) is 0 Å². The van der Waals surface area contributed by atoms with Crippen LogP contribution >= 0.6 is 11.8 Å². The van der Waals surface area contributed by atoms with Gasteiger partial charge < -0.3 is 10.4 Å². The van der Waals surface area contributed by atoms with Crippen LogP contribution in [0.15, 0.2) is 29.2 Å². The molecule has 104 valence electrons. The molecule has 0 aliphatic heterocycles. The van der Waals surface area contributed by atoms with Gasteiger partial charge in [0.1, 0.15) is 0 Å². The standard InChI is InChI=1S/C11H13NO5S2/c1-19(16,17)9-4-2-3-8(5-9)12-10(13)6-18-7-11(14)15/h2-5H,6-7H2,1H3,(H,12,13)(H,14,15). The molecule has 0 aromatic heterocycles. The van der Waals surface area contributed by atoms with E-state index in [4.69, 9.17) is 5.11 Å². The Labute approximate surface area is 115 Å². The molecule has 0 spiro atoms. The Morgan fingerprint density at radius 3 is 2.58 bits per heavy atom. The lowest BCUT2D eigenvalue weighted by atomic mass is 10.3. The van der Waals surface area contributed by atoms with Crippen molar-refractivity contribution >= 4 is 39.2 Å². The van der Waals surface area contributed by atoms with Crippen LogP contribution in [0.5, 0.6) is 0 Å². The molecule has 0 bridgehead atoms. The molecule has 1 rings (SSSR count). The van der Waals surface area contributed by atoms with Gasteiger partial charge in [0, 0.05) is 11.9 Å². The number of aliphatic carboxylic acids is 1. The lowest BCUT2D eigenvalue weighted by molar-refractivity contribution is -0.133. The summed E-state index contributed by atoms with van der Waals surface area (Å²) in [6.07, 6.45) is 1.08. The number of nitrogens with one attached hydrogen (secondary N) is 1. The van der Waals surface area contributed by atoms with Crippen molar-refractivity contribution in [2.45, 2.75) is 4.90 Å². The van der Waals surface area contributed by atoms with Crippen LogP contribution < -0.4 is 5.32 Å². The molecule has 8 heteroatoms. The van der Waals surface area contributed by atoms with Crippen LogP contribution in [0.25, 0.3) is 0 Å². The molecule has 6 nitrogen and oxygen atoms in total. The van der Waals surface area contributed by atoms with E-state index >= 15 is 0 Å². The highest BCUT2D eigenvalue weighted by atomic mass is 32.2. The minimum Gasteiger partial charge on any atom is -0.481 e. The van der Waals surface area contributed by atoms with Crippen LogP contribution in [-0.2, 0) is 19.4 Å². The van der Waals surface area contributed by atoms with Crippen LogP contribution in [-0.4, -0.2) is 43.2 Å². The van der Waals surface area contributed by atoms with Crippen molar-refractivity contribution in [1.82, 2.24) is 0 Å². The second-order valence-corrected chi connectivity index (χ2v) is 6.74. The van der Waals surface area contributed by atoms with Gasteiger partial charge in [0.2, 0.25) is 5.91 Å². The first-order valence-corrected chi connectivity index (χ1v) is 8.23. The molecule has 0 radical (unpaired) electrons. The Morgan fingerprint density at radius 1 is 1.32 bits per heavy atom. The number of amides is 1. The van der Waals surface area contributed by atoms with E-state index in [9.17, 15) is 18.0 Å². The van der Waals surface area contributed by atoms with Gasteiger partial charge in [-0.05, 0) is 18.2 Å². The summed E-state index contributed by atoms with van der Waals surface area (Å²) in [6.45, 7) is 0. The molecular weight excluding hydrogens is 290 g/mol. The SMILES string of the molecule is CS(=O)(=O)c1cccc(NC(=O)CSCC(=O)O)c1. The number of carbonyl (C=O) groups is 2. The van der Waals surface area contributed by atoms with Gasteiger partial charge in [-0.15, -0.1) is 11.8 Å². The molecule has 19 heavy (non-hydrogen) atoms. The summed E-state index contributed by atoms with van der Waals surface area (Å²) in [5, 5.41) is 10.9. The maximum absolute atomic E-state index is 11.5. The molecular formula is C11H13NO5S2. The van der Waals surface area contributed by atoms with E-state index < -0.39 is 15.8 Å². The van der Waals surface area contributed by atoms with Crippen molar-refractivity contribution in [1.29, 1.82) is 0 Å². The minimum absolute atomic E-state index is 0.00456. The number of benzene rings is 1. The maximum Gasteiger partial charge on any atom is 0.313 e. The van der Waals surface area contributed by atoms with E-state index in [-0.39, 0.29) is 22.3 Å². The van der Waals surface area contributed by atoms with Crippen molar-refractivity contribution in [2.24, 2.45) is 0 Å². The molecule has 1 aromatic carbocycles. The molecule has 0 aliphatic carbocycles. The van der Waals surface area contributed by atoms with E-state index in [1.54, 1.807) is 6.07 Å². The quantitative estimate of drug-likeness (QED) is 0.808. The minimum atomic E-state index is -3.32. The van der Waals surface area contributed by atoms with Gasteiger partial charge >= 0.3 is 5.97 Å². The summed E-state index contributed by atoms with van der Waals surface area (Å²) >= 11 is 0.969. The van der Waals surface area contributed by atoms with Gasteiger partial charge in [-0.25, -0.2) is 8.42 Å². The first-order valence-electron chi connectivity index (χ1n) is 5.18. The molecule has 0 saturated heterocycles. The third-order valence-corrected chi connectivity index (χ3v) is 4.03. The Kier molecular flexibility index (Phi) is 5.37. The third-order valence-electron chi connectivity index (χ3n) is 2.00. The molecule has 0 aliphatic rings. The Balaban J connectivity index is 2.62. The normalized spacial score (nSPS) is 11.0. The second kappa shape index (κ2) is 6.58. The number of sulfone groups is 1. The fourth-order valence-corrected chi connectivity index (χ4v) is 2.43. The summed E-state index contributed by atoms with van der Waals surface area (Å²) in [6, 6.07) is 5.88. The van der Waals surface area contributed by atoms with Gasteiger partial charge in [0.25, 0.3) is 0 Å². The third kappa shape index (κ3) is 5.75. The number of hydrogen-bond donors (Lipinski definition) is 2. The first-order chi connectivity index (χ1) is 8.79. The molecule has 0 atom stereocenters. The highest BCUT2D eigenvalue weighted by Crippen LogP contribution is 2.15. The van der Waals surface area contributed by atoms with Crippen LogP contribution in [0, 0.1) is 0 Å². The van der Waals surface area contributed by atoms with Crippen LogP contribution in [0.4, 0.5) is 5.69 Å². The Morgan fingerprint density at radius 2 is 2.00 bits per heavy atom. The molecule has 1 aromatic rings. The predicted molar refractivity (Wildman–Crippen MR) is 73.1 cm³/mol. The van der Waals surface area contributed by atoms with Crippen molar-refractivity contribution in [3.05, 3.63) is 24.3 Å². The zero-order valence-electron chi connectivity index (χ0n) is 10.1.